The van der Waals surface area contributed by atoms with E-state index in [9.17, 15) is 0 Å². The first-order valence-corrected chi connectivity index (χ1v) is 23.8. The van der Waals surface area contributed by atoms with Gasteiger partial charge in [-0.3, -0.25) is 0 Å². The lowest BCUT2D eigenvalue weighted by atomic mass is 9.81. The van der Waals surface area contributed by atoms with Gasteiger partial charge in [-0.15, -0.1) is 0 Å². The van der Waals surface area contributed by atoms with Crippen LogP contribution in [0.2, 0.25) is 0 Å². The van der Waals surface area contributed by atoms with Gasteiger partial charge in [-0.1, -0.05) is 200 Å². The summed E-state index contributed by atoms with van der Waals surface area (Å²) < 4.78 is 2.33. The van der Waals surface area contributed by atoms with Gasteiger partial charge >= 0.3 is 0 Å². The van der Waals surface area contributed by atoms with Gasteiger partial charge in [0.1, 0.15) is 0 Å². The van der Waals surface area contributed by atoms with E-state index in [1.54, 1.807) is 0 Å². The molecule has 0 aliphatic rings. The van der Waals surface area contributed by atoms with Crippen LogP contribution in [-0.4, -0.2) is 4.57 Å². The largest absolute Gasteiger partial charge is 0.344 e. The van der Waals surface area contributed by atoms with Gasteiger partial charge in [-0.25, -0.2) is 0 Å². The molecular weight excluding hydrogens is 833 g/mol. The minimum absolute atomic E-state index is 1.13. The van der Waals surface area contributed by atoms with Gasteiger partial charge < -0.3 is 9.47 Å². The molecule has 0 aliphatic heterocycles. The Labute approximate surface area is 401 Å². The highest BCUT2D eigenvalue weighted by Crippen LogP contribution is 2.49. The van der Waals surface area contributed by atoms with E-state index in [0.717, 1.165) is 17.1 Å². The second-order valence-corrected chi connectivity index (χ2v) is 18.1. The van der Waals surface area contributed by atoms with E-state index in [2.05, 4.69) is 277 Å². The predicted octanol–water partition coefficient (Wildman–Crippen LogP) is 18.6. The standard InChI is InChI=1S/C67H46N2/c1-68-63-41-46(33-38-57(63)58-39-37-54(43-64(58)68)69(52-22-10-4-11-23-52)53-24-12-5-13-25-53)31-30-45-32-34-50-42-51(36-35-49(50)40-45)62-44-61(47-18-6-2-7-19-47)66-59-28-16-14-26-55(59)56-27-15-17-29-60(56)67(66)65(62)48-20-8-3-9-21-48/h2-44H,1H3. The minimum atomic E-state index is 1.13. The van der Waals surface area contributed by atoms with Crippen LogP contribution in [0, 0.1) is 0 Å². The first kappa shape index (κ1) is 40.3. The molecule has 324 valence electrons. The van der Waals surface area contributed by atoms with Crippen molar-refractivity contribution in [3.63, 3.8) is 0 Å². The van der Waals surface area contributed by atoms with Crippen LogP contribution in [0.15, 0.2) is 249 Å². The summed E-state index contributed by atoms with van der Waals surface area (Å²) >= 11 is 0. The van der Waals surface area contributed by atoms with Crippen molar-refractivity contribution in [3.8, 4) is 33.4 Å². The zero-order valence-electron chi connectivity index (χ0n) is 38.2. The Morgan fingerprint density at radius 1 is 0.319 bits per heavy atom. The van der Waals surface area contributed by atoms with Crippen molar-refractivity contribution < 1.29 is 0 Å². The quantitative estimate of drug-likeness (QED) is 0.109. The van der Waals surface area contributed by atoms with Crippen LogP contribution in [0.5, 0.6) is 0 Å². The van der Waals surface area contributed by atoms with Gasteiger partial charge in [-0.05, 0) is 148 Å². The van der Waals surface area contributed by atoms with E-state index in [-0.39, 0.29) is 0 Å². The van der Waals surface area contributed by atoms with E-state index in [1.165, 1.54) is 109 Å². The highest BCUT2D eigenvalue weighted by molar-refractivity contribution is 6.33. The molecule has 13 rings (SSSR count). The Morgan fingerprint density at radius 3 is 1.46 bits per heavy atom. The molecular formula is C67H46N2. The summed E-state index contributed by atoms with van der Waals surface area (Å²) in [5.74, 6) is 0. The SMILES string of the molecule is Cn1c2cc(C=Cc3ccc4cc(-c5cc(-c6ccccc6)c6c7ccccc7c7ccccc7c6c5-c5ccccc5)ccc4c3)ccc2c2ccc(N(c3ccccc3)c3ccccc3)cc21. The molecule has 0 saturated heterocycles. The van der Waals surface area contributed by atoms with Crippen molar-refractivity contribution in [2.24, 2.45) is 7.05 Å². The average molecular weight is 879 g/mol. The Morgan fingerprint density at radius 2 is 0.812 bits per heavy atom. The van der Waals surface area contributed by atoms with E-state index < -0.39 is 0 Å². The van der Waals surface area contributed by atoms with Gasteiger partial charge in [0.15, 0.2) is 0 Å². The number of hydrogen-bond donors (Lipinski definition) is 0. The monoisotopic (exact) mass is 878 g/mol. The summed E-state index contributed by atoms with van der Waals surface area (Å²) in [7, 11) is 2.18. The van der Waals surface area contributed by atoms with Crippen molar-refractivity contribution in [1.82, 2.24) is 4.57 Å². The third-order valence-electron chi connectivity index (χ3n) is 14.1. The molecule has 12 aromatic carbocycles. The normalized spacial score (nSPS) is 11.8. The average Bonchev–Trinajstić information content (AvgIpc) is 3.70. The molecule has 0 aliphatic carbocycles. The second kappa shape index (κ2) is 16.7. The molecule has 0 atom stereocenters. The summed E-state index contributed by atoms with van der Waals surface area (Å²) in [6, 6.07) is 90.9. The Kier molecular flexibility index (Phi) is 9.77. The molecule has 0 radical (unpaired) electrons. The highest BCUT2D eigenvalue weighted by atomic mass is 15.1. The van der Waals surface area contributed by atoms with Crippen LogP contribution in [0.3, 0.4) is 0 Å². The summed E-state index contributed by atoms with van der Waals surface area (Å²) in [5, 5.41) is 12.6. The first-order valence-electron chi connectivity index (χ1n) is 23.8. The highest BCUT2D eigenvalue weighted by Gasteiger charge is 2.22. The zero-order valence-corrected chi connectivity index (χ0v) is 38.2. The van der Waals surface area contributed by atoms with Gasteiger partial charge in [0.2, 0.25) is 0 Å². The smallest absolute Gasteiger partial charge is 0.0509 e. The van der Waals surface area contributed by atoms with Gasteiger partial charge in [-0.2, -0.15) is 0 Å². The Hall–Kier alpha value is -8.98. The summed E-state index contributed by atoms with van der Waals surface area (Å²) in [6.07, 6.45) is 4.48. The number of hydrogen-bond acceptors (Lipinski definition) is 1. The number of para-hydroxylation sites is 2. The molecule has 2 heteroatoms. The van der Waals surface area contributed by atoms with E-state index >= 15 is 0 Å². The van der Waals surface area contributed by atoms with Crippen molar-refractivity contribution >= 4 is 94.1 Å². The molecule has 0 saturated carbocycles. The molecule has 2 nitrogen and oxygen atoms in total. The fourth-order valence-electron chi connectivity index (χ4n) is 10.9. The molecule has 0 unspecified atom stereocenters. The zero-order chi connectivity index (χ0) is 45.8. The lowest BCUT2D eigenvalue weighted by Crippen LogP contribution is -2.09. The number of aryl methyl sites for hydroxylation is 1. The molecule has 0 bridgehead atoms. The van der Waals surface area contributed by atoms with Crippen molar-refractivity contribution in [2.45, 2.75) is 0 Å². The number of aromatic nitrogens is 1. The number of anilines is 3. The van der Waals surface area contributed by atoms with Crippen LogP contribution in [0.25, 0.3) is 110 Å². The molecule has 1 heterocycles. The third-order valence-corrected chi connectivity index (χ3v) is 14.1. The predicted molar refractivity (Wildman–Crippen MR) is 297 cm³/mol. The van der Waals surface area contributed by atoms with Crippen molar-refractivity contribution in [2.75, 3.05) is 4.90 Å². The molecule has 1 aromatic heterocycles. The lowest BCUT2D eigenvalue weighted by molar-refractivity contribution is 1.01. The van der Waals surface area contributed by atoms with Crippen molar-refractivity contribution in [3.05, 3.63) is 260 Å². The van der Waals surface area contributed by atoms with Crippen LogP contribution in [-0.2, 0) is 7.05 Å². The maximum atomic E-state index is 2.45. The lowest BCUT2D eigenvalue weighted by Gasteiger charge is -2.25. The number of fused-ring (bicyclic) bond motifs is 10. The fraction of sp³-hybridized carbons (Fsp3) is 0.0149. The van der Waals surface area contributed by atoms with E-state index in [4.69, 9.17) is 0 Å². The van der Waals surface area contributed by atoms with E-state index in [1.807, 2.05) is 0 Å². The van der Waals surface area contributed by atoms with Gasteiger partial charge in [0, 0.05) is 40.4 Å². The van der Waals surface area contributed by atoms with Crippen LogP contribution >= 0.6 is 0 Å². The molecule has 69 heavy (non-hydrogen) atoms. The van der Waals surface area contributed by atoms with Crippen LogP contribution in [0.4, 0.5) is 17.1 Å². The van der Waals surface area contributed by atoms with Crippen molar-refractivity contribution in [1.29, 1.82) is 0 Å². The third kappa shape index (κ3) is 6.96. The molecule has 0 amide bonds. The number of nitrogens with zero attached hydrogens (tertiary/aromatic N) is 2. The minimum Gasteiger partial charge on any atom is -0.344 e. The first-order chi connectivity index (χ1) is 34.1. The maximum absolute atomic E-state index is 2.45. The Balaban J connectivity index is 0.891. The molecule has 0 spiro atoms. The summed E-state index contributed by atoms with van der Waals surface area (Å²) in [6.45, 7) is 0. The van der Waals surface area contributed by atoms with Crippen LogP contribution in [0.1, 0.15) is 11.1 Å². The molecule has 0 N–H and O–H groups in total. The number of rotatable bonds is 8. The topological polar surface area (TPSA) is 8.17 Å². The Bertz CT molecular complexity index is 4070. The second-order valence-electron chi connectivity index (χ2n) is 18.1. The maximum Gasteiger partial charge on any atom is 0.0509 e. The van der Waals surface area contributed by atoms with Crippen LogP contribution < -0.4 is 4.90 Å². The number of benzene rings is 12. The van der Waals surface area contributed by atoms with Gasteiger partial charge in [0.05, 0.1) is 5.52 Å². The molecule has 0 fully saturated rings. The fourth-order valence-corrected chi connectivity index (χ4v) is 10.9. The summed E-state index contributed by atoms with van der Waals surface area (Å²) in [5.41, 5.74) is 15.5. The summed E-state index contributed by atoms with van der Waals surface area (Å²) in [4.78, 5) is 2.33. The van der Waals surface area contributed by atoms with E-state index in [0.29, 0.717) is 0 Å². The van der Waals surface area contributed by atoms with Gasteiger partial charge in [0.25, 0.3) is 0 Å². The molecule has 13 aromatic rings.